The van der Waals surface area contributed by atoms with E-state index in [0.717, 1.165) is 16.5 Å². The van der Waals surface area contributed by atoms with Crippen molar-refractivity contribution in [3.8, 4) is 5.75 Å². The normalized spacial score (nSPS) is 10.5. The summed E-state index contributed by atoms with van der Waals surface area (Å²) in [6, 6.07) is 5.05. The first kappa shape index (κ1) is 16.1. The van der Waals surface area contributed by atoms with Gasteiger partial charge in [-0.1, -0.05) is 23.3 Å². The molecule has 3 heteroatoms. The average Bonchev–Trinajstić information content (AvgIpc) is 2.44. The summed E-state index contributed by atoms with van der Waals surface area (Å²) in [6.45, 7) is 8.06. The lowest BCUT2D eigenvalue weighted by atomic mass is 9.98. The summed E-state index contributed by atoms with van der Waals surface area (Å²) in [5, 5.41) is 11.4. The first-order valence-corrected chi connectivity index (χ1v) is 7.42. The predicted molar refractivity (Wildman–Crippen MR) is 90.4 cm³/mol. The zero-order valence-electron chi connectivity index (χ0n) is 13.6. The van der Waals surface area contributed by atoms with Crippen LogP contribution in [0.25, 0.3) is 11.0 Å². The van der Waals surface area contributed by atoms with E-state index in [-0.39, 0.29) is 5.75 Å². The van der Waals surface area contributed by atoms with Crippen LogP contribution in [0.5, 0.6) is 5.75 Å². The molecule has 0 unspecified atom stereocenters. The largest absolute Gasteiger partial charge is 0.507 e. The first-order valence-electron chi connectivity index (χ1n) is 7.42. The standard InChI is InChI=1S/C19H22O3/c1-12(2)5-7-14-11-15-8-10-17(20)22-19(15)16(18(14)21)9-6-13(3)4/h5-6,8,10-11,21H,7,9H2,1-4H3. The molecule has 1 N–H and O–H groups in total. The van der Waals surface area contributed by atoms with Crippen molar-refractivity contribution >= 4 is 11.0 Å². The minimum absolute atomic E-state index is 0.219. The van der Waals surface area contributed by atoms with Crippen LogP contribution in [0.4, 0.5) is 0 Å². The van der Waals surface area contributed by atoms with Gasteiger partial charge in [-0.25, -0.2) is 4.79 Å². The van der Waals surface area contributed by atoms with Crippen molar-refractivity contribution in [3.63, 3.8) is 0 Å². The zero-order valence-corrected chi connectivity index (χ0v) is 13.6. The highest BCUT2D eigenvalue weighted by Gasteiger charge is 2.14. The van der Waals surface area contributed by atoms with Crippen molar-refractivity contribution in [2.45, 2.75) is 40.5 Å². The van der Waals surface area contributed by atoms with Gasteiger partial charge in [0.15, 0.2) is 0 Å². The second kappa shape index (κ2) is 6.65. The van der Waals surface area contributed by atoms with E-state index in [1.165, 1.54) is 11.6 Å². The van der Waals surface area contributed by atoms with Crippen molar-refractivity contribution in [3.05, 3.63) is 63.0 Å². The maximum atomic E-state index is 11.5. The molecule has 0 atom stereocenters. The van der Waals surface area contributed by atoms with Gasteiger partial charge < -0.3 is 9.52 Å². The molecule has 0 radical (unpaired) electrons. The Labute approximate surface area is 130 Å². The second-order valence-corrected chi connectivity index (χ2v) is 6.01. The predicted octanol–water partition coefficient (Wildman–Crippen LogP) is 4.52. The fourth-order valence-corrected chi connectivity index (χ4v) is 2.30. The highest BCUT2D eigenvalue weighted by atomic mass is 16.4. The van der Waals surface area contributed by atoms with Crippen LogP contribution >= 0.6 is 0 Å². The van der Waals surface area contributed by atoms with Crippen LogP contribution in [0.15, 0.2) is 50.7 Å². The molecule has 2 rings (SSSR count). The summed E-state index contributed by atoms with van der Waals surface area (Å²) in [7, 11) is 0. The molecule has 0 bridgehead atoms. The molecule has 1 aromatic carbocycles. The van der Waals surface area contributed by atoms with Crippen LogP contribution in [0.3, 0.4) is 0 Å². The molecule has 0 saturated carbocycles. The first-order chi connectivity index (χ1) is 10.4. The lowest BCUT2D eigenvalue weighted by Crippen LogP contribution is -1.99. The van der Waals surface area contributed by atoms with Crippen molar-refractivity contribution in [2.24, 2.45) is 0 Å². The van der Waals surface area contributed by atoms with Gasteiger partial charge in [-0.3, -0.25) is 0 Å². The third kappa shape index (κ3) is 3.67. The molecule has 0 saturated heterocycles. The molecule has 1 heterocycles. The number of rotatable bonds is 4. The van der Waals surface area contributed by atoms with Crippen LogP contribution in [0.2, 0.25) is 0 Å². The van der Waals surface area contributed by atoms with Gasteiger partial charge >= 0.3 is 5.63 Å². The number of phenols is 1. The van der Waals surface area contributed by atoms with Gasteiger partial charge in [-0.2, -0.15) is 0 Å². The highest BCUT2D eigenvalue weighted by molar-refractivity contribution is 5.83. The second-order valence-electron chi connectivity index (χ2n) is 6.01. The van der Waals surface area contributed by atoms with Crippen molar-refractivity contribution < 1.29 is 9.52 Å². The molecule has 116 valence electrons. The maximum absolute atomic E-state index is 11.5. The van der Waals surface area contributed by atoms with Crippen LogP contribution in [0, 0.1) is 0 Å². The fourth-order valence-electron chi connectivity index (χ4n) is 2.30. The zero-order chi connectivity index (χ0) is 16.3. The minimum Gasteiger partial charge on any atom is -0.507 e. The number of hydrogen-bond acceptors (Lipinski definition) is 3. The third-order valence-corrected chi connectivity index (χ3v) is 3.50. The lowest BCUT2D eigenvalue weighted by Gasteiger charge is -2.11. The Morgan fingerprint density at radius 1 is 1.09 bits per heavy atom. The maximum Gasteiger partial charge on any atom is 0.336 e. The summed E-state index contributed by atoms with van der Waals surface area (Å²) in [6.07, 6.45) is 5.29. The Hall–Kier alpha value is -2.29. The topological polar surface area (TPSA) is 50.4 Å². The molecule has 0 aliphatic rings. The van der Waals surface area contributed by atoms with Gasteiger partial charge in [-0.05, 0) is 58.2 Å². The van der Waals surface area contributed by atoms with E-state index < -0.39 is 5.63 Å². The Bertz CT molecular complexity index is 799. The molecule has 0 spiro atoms. The minimum atomic E-state index is -0.401. The molecule has 0 amide bonds. The van der Waals surface area contributed by atoms with E-state index in [4.69, 9.17) is 4.42 Å². The van der Waals surface area contributed by atoms with Gasteiger partial charge in [0, 0.05) is 17.0 Å². The van der Waals surface area contributed by atoms with E-state index in [2.05, 4.69) is 6.08 Å². The Kier molecular flexibility index (Phi) is 4.86. The van der Waals surface area contributed by atoms with E-state index in [1.54, 1.807) is 6.07 Å². The quantitative estimate of drug-likeness (QED) is 0.667. The molecule has 0 fully saturated rings. The van der Waals surface area contributed by atoms with Crippen LogP contribution in [-0.4, -0.2) is 5.11 Å². The lowest BCUT2D eigenvalue weighted by molar-refractivity contribution is 0.461. The molecular formula is C19H22O3. The van der Waals surface area contributed by atoms with Crippen molar-refractivity contribution in [1.29, 1.82) is 0 Å². The van der Waals surface area contributed by atoms with Gasteiger partial charge in [0.05, 0.1) is 0 Å². The van der Waals surface area contributed by atoms with Crippen molar-refractivity contribution in [1.82, 2.24) is 0 Å². The number of allylic oxidation sites excluding steroid dienone is 4. The number of hydrogen-bond donors (Lipinski definition) is 1. The van der Waals surface area contributed by atoms with Gasteiger partial charge in [0.25, 0.3) is 0 Å². The van der Waals surface area contributed by atoms with E-state index in [9.17, 15) is 9.90 Å². The van der Waals surface area contributed by atoms with Gasteiger partial charge in [0.2, 0.25) is 0 Å². The van der Waals surface area contributed by atoms with E-state index >= 15 is 0 Å². The Morgan fingerprint density at radius 2 is 1.73 bits per heavy atom. The van der Waals surface area contributed by atoms with Crippen LogP contribution < -0.4 is 5.63 Å². The number of phenolic OH excluding ortho intramolecular Hbond substituents is 1. The Balaban J connectivity index is 2.66. The highest BCUT2D eigenvalue weighted by Crippen LogP contribution is 2.32. The molecule has 0 aliphatic carbocycles. The fraction of sp³-hybridized carbons (Fsp3) is 0.316. The number of fused-ring (bicyclic) bond motifs is 1. The van der Waals surface area contributed by atoms with E-state index in [1.807, 2.05) is 39.8 Å². The van der Waals surface area contributed by atoms with E-state index in [0.29, 0.717) is 24.0 Å². The average molecular weight is 298 g/mol. The molecule has 1 aromatic heterocycles. The van der Waals surface area contributed by atoms with Crippen molar-refractivity contribution in [2.75, 3.05) is 0 Å². The van der Waals surface area contributed by atoms with Crippen LogP contribution in [0.1, 0.15) is 38.8 Å². The monoisotopic (exact) mass is 298 g/mol. The number of benzene rings is 1. The summed E-state index contributed by atoms with van der Waals surface area (Å²) < 4.78 is 5.33. The summed E-state index contributed by atoms with van der Waals surface area (Å²) in [5.74, 6) is 0.219. The van der Waals surface area contributed by atoms with Crippen LogP contribution in [-0.2, 0) is 12.8 Å². The smallest absolute Gasteiger partial charge is 0.336 e. The van der Waals surface area contributed by atoms with Gasteiger partial charge in [-0.15, -0.1) is 0 Å². The molecule has 22 heavy (non-hydrogen) atoms. The summed E-state index contributed by atoms with van der Waals surface area (Å²) in [5.41, 5.74) is 3.95. The third-order valence-electron chi connectivity index (χ3n) is 3.50. The SMILES string of the molecule is CC(C)=CCc1cc2ccc(=O)oc2c(CC=C(C)C)c1O. The molecule has 3 nitrogen and oxygen atoms in total. The molecular weight excluding hydrogens is 276 g/mol. The van der Waals surface area contributed by atoms with Gasteiger partial charge in [0.1, 0.15) is 11.3 Å². The molecule has 0 aliphatic heterocycles. The summed E-state index contributed by atoms with van der Waals surface area (Å²) >= 11 is 0. The molecule has 2 aromatic rings. The Morgan fingerprint density at radius 3 is 2.36 bits per heavy atom. The summed E-state index contributed by atoms with van der Waals surface area (Å²) in [4.78, 5) is 11.5. The number of aromatic hydroxyl groups is 1.